The third-order valence-electron chi connectivity index (χ3n) is 1.75. The van der Waals surface area contributed by atoms with Crippen LogP contribution in [0.25, 0.3) is 0 Å². The van der Waals surface area contributed by atoms with Gasteiger partial charge in [-0.25, -0.2) is 0 Å². The third kappa shape index (κ3) is 2.58. The van der Waals surface area contributed by atoms with Gasteiger partial charge < -0.3 is 10.4 Å². The summed E-state index contributed by atoms with van der Waals surface area (Å²) in [5, 5.41) is 10.9. The fraction of sp³-hybridized carbons (Fsp3) is 0.200. The van der Waals surface area contributed by atoms with Gasteiger partial charge in [-0.2, -0.15) is 0 Å². The van der Waals surface area contributed by atoms with Gasteiger partial charge in [-0.1, -0.05) is 18.2 Å². The van der Waals surface area contributed by atoms with Gasteiger partial charge in [-0.15, -0.1) is 0 Å². The van der Waals surface area contributed by atoms with Gasteiger partial charge in [0.05, 0.1) is 0 Å². The van der Waals surface area contributed by atoms with Gasteiger partial charge in [-0.3, -0.25) is 9.59 Å². The molecule has 4 heteroatoms. The zero-order chi connectivity index (χ0) is 10.6. The summed E-state index contributed by atoms with van der Waals surface area (Å²) in [6.45, 7) is 1.42. The van der Waals surface area contributed by atoms with Gasteiger partial charge in [0.1, 0.15) is 6.04 Å². The summed E-state index contributed by atoms with van der Waals surface area (Å²) >= 11 is 0. The smallest absolute Gasteiger partial charge is 0.325 e. The van der Waals surface area contributed by atoms with Gasteiger partial charge >= 0.3 is 5.97 Å². The lowest BCUT2D eigenvalue weighted by atomic mass is 10.2. The van der Waals surface area contributed by atoms with Crippen LogP contribution in [0.5, 0.6) is 0 Å². The topological polar surface area (TPSA) is 66.4 Å². The van der Waals surface area contributed by atoms with Crippen LogP contribution in [0.15, 0.2) is 30.3 Å². The molecule has 0 aromatic heterocycles. The predicted molar refractivity (Wildman–Crippen MR) is 51.0 cm³/mol. The van der Waals surface area contributed by atoms with Gasteiger partial charge in [0.25, 0.3) is 5.91 Å². The molecular formula is C10H11NO3. The summed E-state index contributed by atoms with van der Waals surface area (Å²) in [4.78, 5) is 21.8. The summed E-state index contributed by atoms with van der Waals surface area (Å²) in [6, 6.07) is 7.62. The van der Waals surface area contributed by atoms with Crippen molar-refractivity contribution in [2.75, 3.05) is 0 Å². The highest BCUT2D eigenvalue weighted by atomic mass is 16.5. The first-order chi connectivity index (χ1) is 6.61. The van der Waals surface area contributed by atoms with Crippen LogP contribution in [0.2, 0.25) is 0 Å². The van der Waals surface area contributed by atoms with E-state index in [2.05, 4.69) is 5.32 Å². The number of rotatable bonds is 3. The van der Waals surface area contributed by atoms with Crippen LogP contribution < -0.4 is 5.32 Å². The first-order valence-electron chi connectivity index (χ1n) is 4.20. The number of hydrogen-bond acceptors (Lipinski definition) is 2. The molecule has 74 valence electrons. The molecule has 0 bridgehead atoms. The van der Waals surface area contributed by atoms with E-state index in [-0.39, 0.29) is 5.91 Å². The molecule has 0 saturated heterocycles. The van der Waals surface area contributed by atoms with Crippen molar-refractivity contribution in [1.29, 1.82) is 0 Å². The summed E-state index contributed by atoms with van der Waals surface area (Å²) < 4.78 is 0. The maximum absolute atomic E-state index is 11.4. The van der Waals surface area contributed by atoms with Crippen molar-refractivity contribution in [1.82, 2.24) is 5.32 Å². The minimum atomic E-state index is -1.05. The summed E-state index contributed by atoms with van der Waals surface area (Å²) in [5.74, 6) is -1.42. The largest absolute Gasteiger partial charge is 0.480 e. The number of carbonyl (C=O) groups excluding carboxylic acids is 1. The van der Waals surface area contributed by atoms with Crippen LogP contribution in [0.3, 0.4) is 0 Å². The van der Waals surface area contributed by atoms with E-state index in [1.807, 2.05) is 0 Å². The summed E-state index contributed by atoms with van der Waals surface area (Å²) in [7, 11) is 0. The third-order valence-corrected chi connectivity index (χ3v) is 1.75. The summed E-state index contributed by atoms with van der Waals surface area (Å²) in [5.41, 5.74) is 0.459. The molecule has 1 rings (SSSR count). The van der Waals surface area contributed by atoms with Crippen LogP contribution >= 0.6 is 0 Å². The minimum absolute atomic E-state index is 0.375. The lowest BCUT2D eigenvalue weighted by molar-refractivity contribution is -0.138. The Bertz CT molecular complexity index is 334. The van der Waals surface area contributed by atoms with Crippen molar-refractivity contribution in [3.63, 3.8) is 0 Å². The van der Waals surface area contributed by atoms with Gasteiger partial charge in [0, 0.05) is 5.56 Å². The predicted octanol–water partition coefficient (Wildman–Crippen LogP) is 0.890. The highest BCUT2D eigenvalue weighted by Gasteiger charge is 2.14. The Morgan fingerprint density at radius 2 is 1.86 bits per heavy atom. The molecule has 0 aliphatic carbocycles. The molecule has 4 nitrogen and oxygen atoms in total. The van der Waals surface area contributed by atoms with E-state index in [1.165, 1.54) is 6.92 Å². The molecule has 1 aromatic carbocycles. The zero-order valence-electron chi connectivity index (χ0n) is 7.73. The van der Waals surface area contributed by atoms with E-state index in [4.69, 9.17) is 5.11 Å². The number of nitrogens with one attached hydrogen (secondary N) is 1. The second-order valence-corrected chi connectivity index (χ2v) is 2.90. The molecule has 14 heavy (non-hydrogen) atoms. The molecule has 0 unspecified atom stereocenters. The fourth-order valence-electron chi connectivity index (χ4n) is 0.931. The van der Waals surface area contributed by atoms with E-state index in [0.29, 0.717) is 5.56 Å². The number of benzene rings is 1. The average molecular weight is 194 g/mol. The van der Waals surface area contributed by atoms with E-state index < -0.39 is 12.0 Å². The fourth-order valence-corrected chi connectivity index (χ4v) is 0.931. The number of hydrogen-bond donors (Lipinski definition) is 2. The maximum atomic E-state index is 11.4. The van der Waals surface area contributed by atoms with Crippen LogP contribution in [-0.2, 0) is 4.79 Å². The Morgan fingerprint density at radius 1 is 1.29 bits per heavy atom. The maximum Gasteiger partial charge on any atom is 0.325 e. The van der Waals surface area contributed by atoms with Crippen molar-refractivity contribution >= 4 is 11.9 Å². The first kappa shape index (κ1) is 10.2. The summed E-state index contributed by atoms with van der Waals surface area (Å²) in [6.07, 6.45) is 0. The van der Waals surface area contributed by atoms with E-state index in [9.17, 15) is 9.59 Å². The van der Waals surface area contributed by atoms with E-state index in [1.54, 1.807) is 30.3 Å². The Hall–Kier alpha value is -1.84. The van der Waals surface area contributed by atoms with Crippen LogP contribution in [0.1, 0.15) is 17.3 Å². The minimum Gasteiger partial charge on any atom is -0.480 e. The molecular weight excluding hydrogens is 183 g/mol. The van der Waals surface area contributed by atoms with Gasteiger partial charge in [-0.05, 0) is 19.1 Å². The van der Waals surface area contributed by atoms with Crippen LogP contribution in [-0.4, -0.2) is 23.0 Å². The molecule has 1 aromatic rings. The molecule has 0 spiro atoms. The molecule has 0 radical (unpaired) electrons. The van der Waals surface area contributed by atoms with Crippen molar-refractivity contribution in [3.8, 4) is 0 Å². The molecule has 0 aliphatic rings. The van der Waals surface area contributed by atoms with E-state index in [0.717, 1.165) is 0 Å². The normalized spacial score (nSPS) is 11.8. The lowest BCUT2D eigenvalue weighted by Gasteiger charge is -2.08. The Labute approximate surface area is 81.6 Å². The van der Waals surface area contributed by atoms with E-state index >= 15 is 0 Å². The Kier molecular flexibility index (Phi) is 3.23. The molecule has 0 saturated carbocycles. The van der Waals surface area contributed by atoms with Crippen LogP contribution in [0, 0.1) is 0 Å². The SMILES string of the molecule is C[C@H](NC(=O)c1ccccc1)[13C](=O)O. The molecule has 0 aliphatic heterocycles. The standard InChI is InChI=1S/C10H11NO3/c1-7(10(13)14)11-9(12)8-5-3-2-4-6-8/h2-7H,1H3,(H,11,12)(H,13,14)/t7-/m0/s1/i10+1. The highest BCUT2D eigenvalue weighted by molar-refractivity contribution is 5.96. The lowest BCUT2D eigenvalue weighted by Crippen LogP contribution is -2.38. The van der Waals surface area contributed by atoms with Gasteiger partial charge in [0.2, 0.25) is 0 Å². The molecule has 1 amide bonds. The first-order valence-corrected chi connectivity index (χ1v) is 4.20. The van der Waals surface area contributed by atoms with Crippen molar-refractivity contribution < 1.29 is 14.7 Å². The second kappa shape index (κ2) is 4.41. The quantitative estimate of drug-likeness (QED) is 0.702. The average Bonchev–Trinajstić information content (AvgIpc) is 2.19. The highest BCUT2D eigenvalue weighted by Crippen LogP contribution is 1.98. The van der Waals surface area contributed by atoms with Crippen molar-refractivity contribution in [2.24, 2.45) is 0 Å². The second-order valence-electron chi connectivity index (χ2n) is 2.90. The Balaban J connectivity index is 2.64. The molecule has 1 atom stereocenters. The Morgan fingerprint density at radius 3 is 2.36 bits per heavy atom. The number of carbonyl (C=O) groups is 2. The number of carboxylic acid groups (broad SMARTS) is 1. The number of aliphatic carboxylic acids is 1. The molecule has 0 heterocycles. The van der Waals surface area contributed by atoms with Crippen molar-refractivity contribution in [2.45, 2.75) is 13.0 Å². The number of amides is 1. The zero-order valence-corrected chi connectivity index (χ0v) is 7.73. The molecule has 0 fully saturated rings. The molecule has 2 N–H and O–H groups in total. The number of carboxylic acids is 1. The van der Waals surface area contributed by atoms with Crippen molar-refractivity contribution in [3.05, 3.63) is 35.9 Å². The van der Waals surface area contributed by atoms with Crippen LogP contribution in [0.4, 0.5) is 0 Å². The van der Waals surface area contributed by atoms with Gasteiger partial charge in [0.15, 0.2) is 0 Å². The monoisotopic (exact) mass is 194 g/mol.